The monoisotopic (exact) mass is 469 g/mol. The Morgan fingerprint density at radius 2 is 1.58 bits per heavy atom. The SMILES string of the molecule is CC(C)[C@H](NS(=O)(=O)c1ccc2c(c1)oc1cc(-c3ccc(C(C)(C)C)o3)ccc12)C(=O)O. The fourth-order valence-corrected chi connectivity index (χ4v) is 5.03. The van der Waals surface area contributed by atoms with Crippen LogP contribution in [0.5, 0.6) is 0 Å². The highest BCUT2D eigenvalue weighted by molar-refractivity contribution is 7.89. The Morgan fingerprint density at radius 3 is 2.15 bits per heavy atom. The number of nitrogens with one attached hydrogen (secondary N) is 1. The van der Waals surface area contributed by atoms with Gasteiger partial charge < -0.3 is 13.9 Å². The third-order valence-electron chi connectivity index (χ3n) is 5.60. The van der Waals surface area contributed by atoms with Crippen LogP contribution in [-0.4, -0.2) is 25.5 Å². The van der Waals surface area contributed by atoms with Crippen LogP contribution in [0, 0.1) is 5.92 Å². The molecule has 0 unspecified atom stereocenters. The number of sulfonamides is 1. The fraction of sp³-hybridized carbons (Fsp3) is 0.320. The van der Waals surface area contributed by atoms with Crippen LogP contribution in [0.1, 0.15) is 40.4 Å². The lowest BCUT2D eigenvalue weighted by Crippen LogP contribution is -2.44. The second-order valence-electron chi connectivity index (χ2n) is 9.57. The first-order valence-electron chi connectivity index (χ1n) is 10.7. The molecular weight excluding hydrogens is 442 g/mol. The molecule has 0 amide bonds. The van der Waals surface area contributed by atoms with Crippen LogP contribution in [0.4, 0.5) is 0 Å². The minimum Gasteiger partial charge on any atom is -0.480 e. The molecule has 2 aromatic carbocycles. The molecule has 0 saturated carbocycles. The normalized spacial score (nSPS) is 13.8. The van der Waals surface area contributed by atoms with E-state index in [1.165, 1.54) is 12.1 Å². The number of carboxylic acid groups (broad SMARTS) is 1. The number of carbonyl (C=O) groups is 1. The predicted molar refractivity (Wildman–Crippen MR) is 127 cm³/mol. The van der Waals surface area contributed by atoms with Gasteiger partial charge in [-0.3, -0.25) is 4.79 Å². The molecule has 1 atom stereocenters. The van der Waals surface area contributed by atoms with E-state index in [-0.39, 0.29) is 10.3 Å². The van der Waals surface area contributed by atoms with Crippen LogP contribution in [0.25, 0.3) is 33.3 Å². The van der Waals surface area contributed by atoms with Gasteiger partial charge in [0.2, 0.25) is 10.0 Å². The summed E-state index contributed by atoms with van der Waals surface area (Å²) in [5, 5.41) is 10.9. The summed E-state index contributed by atoms with van der Waals surface area (Å²) in [6.07, 6.45) is 0. The number of furan rings is 2. The quantitative estimate of drug-likeness (QED) is 0.384. The summed E-state index contributed by atoms with van der Waals surface area (Å²) in [4.78, 5) is 11.4. The smallest absolute Gasteiger partial charge is 0.322 e. The van der Waals surface area contributed by atoms with Crippen LogP contribution in [-0.2, 0) is 20.2 Å². The summed E-state index contributed by atoms with van der Waals surface area (Å²) < 4.78 is 39.9. The Balaban J connectivity index is 1.72. The molecule has 4 rings (SSSR count). The minimum atomic E-state index is -4.05. The number of benzene rings is 2. The first-order chi connectivity index (χ1) is 15.4. The van der Waals surface area contributed by atoms with Crippen molar-refractivity contribution < 1.29 is 27.2 Å². The summed E-state index contributed by atoms with van der Waals surface area (Å²) in [7, 11) is -4.05. The zero-order valence-corrected chi connectivity index (χ0v) is 20.0. The van der Waals surface area contributed by atoms with Crippen LogP contribution in [0.15, 0.2) is 62.3 Å². The van der Waals surface area contributed by atoms with Crippen molar-refractivity contribution in [3.05, 3.63) is 54.3 Å². The third kappa shape index (κ3) is 4.41. The molecule has 2 heterocycles. The molecule has 0 aliphatic carbocycles. The predicted octanol–water partition coefficient (Wildman–Crippen LogP) is 5.53. The van der Waals surface area contributed by atoms with Gasteiger partial charge in [-0.05, 0) is 42.3 Å². The Kier molecular flexibility index (Phi) is 5.62. The Bertz CT molecular complexity index is 1450. The van der Waals surface area contributed by atoms with Crippen LogP contribution < -0.4 is 4.72 Å². The van der Waals surface area contributed by atoms with Crippen molar-refractivity contribution in [2.45, 2.75) is 51.0 Å². The average Bonchev–Trinajstić information content (AvgIpc) is 3.35. The molecule has 8 heteroatoms. The van der Waals surface area contributed by atoms with E-state index in [1.54, 1.807) is 19.9 Å². The minimum absolute atomic E-state index is 0.0537. The second-order valence-corrected chi connectivity index (χ2v) is 11.3. The lowest BCUT2D eigenvalue weighted by atomic mass is 9.94. The highest BCUT2D eigenvalue weighted by Crippen LogP contribution is 2.35. The van der Waals surface area contributed by atoms with Crippen molar-refractivity contribution >= 4 is 37.9 Å². The summed E-state index contributed by atoms with van der Waals surface area (Å²) in [5.41, 5.74) is 1.75. The maximum Gasteiger partial charge on any atom is 0.322 e. The molecule has 174 valence electrons. The molecule has 2 N–H and O–H groups in total. The van der Waals surface area contributed by atoms with E-state index in [9.17, 15) is 18.3 Å². The number of carboxylic acids is 1. The molecule has 0 aliphatic heterocycles. The third-order valence-corrected chi connectivity index (χ3v) is 7.04. The van der Waals surface area contributed by atoms with E-state index in [0.717, 1.165) is 27.9 Å². The molecule has 0 radical (unpaired) electrons. The van der Waals surface area contributed by atoms with Crippen molar-refractivity contribution in [3.63, 3.8) is 0 Å². The molecule has 0 spiro atoms. The second kappa shape index (κ2) is 8.04. The molecule has 0 fully saturated rings. The van der Waals surface area contributed by atoms with Gasteiger partial charge in [0.15, 0.2) is 0 Å². The van der Waals surface area contributed by atoms with Crippen LogP contribution >= 0.6 is 0 Å². The van der Waals surface area contributed by atoms with Gasteiger partial charge in [0.05, 0.1) is 4.90 Å². The van der Waals surface area contributed by atoms with Crippen molar-refractivity contribution in [3.8, 4) is 11.3 Å². The van der Waals surface area contributed by atoms with Gasteiger partial charge >= 0.3 is 5.97 Å². The first-order valence-corrected chi connectivity index (χ1v) is 12.2. The summed E-state index contributed by atoms with van der Waals surface area (Å²) in [6.45, 7) is 9.53. The van der Waals surface area contributed by atoms with Gasteiger partial charge in [0.1, 0.15) is 28.7 Å². The van der Waals surface area contributed by atoms with Crippen molar-refractivity contribution in [2.75, 3.05) is 0 Å². The van der Waals surface area contributed by atoms with E-state index in [2.05, 4.69) is 25.5 Å². The molecule has 0 bridgehead atoms. The standard InChI is InChI=1S/C25H27NO6S/c1-14(2)23(24(27)28)26-33(29,30)16-7-9-18-17-8-6-15(12-20(17)31-21(18)13-16)19-10-11-22(32-19)25(3,4)5/h6-14,23,26H,1-5H3,(H,27,28)/t23-/m0/s1. The van der Waals surface area contributed by atoms with Crippen LogP contribution in [0.3, 0.4) is 0 Å². The van der Waals surface area contributed by atoms with E-state index in [4.69, 9.17) is 8.83 Å². The van der Waals surface area contributed by atoms with E-state index in [1.807, 2.05) is 30.3 Å². The summed E-state index contributed by atoms with van der Waals surface area (Å²) in [5.74, 6) is -0.0294. The number of hydrogen-bond donors (Lipinski definition) is 2. The van der Waals surface area contributed by atoms with Crippen molar-refractivity contribution in [1.82, 2.24) is 4.72 Å². The van der Waals surface area contributed by atoms with Crippen molar-refractivity contribution in [2.24, 2.45) is 5.92 Å². The number of aliphatic carboxylic acids is 1. The van der Waals surface area contributed by atoms with E-state index in [0.29, 0.717) is 11.2 Å². The highest BCUT2D eigenvalue weighted by Gasteiger charge is 2.28. The maximum absolute atomic E-state index is 12.8. The lowest BCUT2D eigenvalue weighted by Gasteiger charge is -2.17. The number of fused-ring (bicyclic) bond motifs is 3. The fourth-order valence-electron chi connectivity index (χ4n) is 3.68. The Morgan fingerprint density at radius 1 is 0.939 bits per heavy atom. The molecule has 33 heavy (non-hydrogen) atoms. The average molecular weight is 470 g/mol. The molecule has 0 saturated heterocycles. The first kappa shape index (κ1) is 23.1. The van der Waals surface area contributed by atoms with Gasteiger partial charge in [-0.2, -0.15) is 4.72 Å². The molecule has 7 nitrogen and oxygen atoms in total. The van der Waals surface area contributed by atoms with E-state index < -0.39 is 28.0 Å². The molecular formula is C25H27NO6S. The highest BCUT2D eigenvalue weighted by atomic mass is 32.2. The van der Waals surface area contributed by atoms with Gasteiger partial charge in [-0.1, -0.05) is 40.7 Å². The zero-order chi connectivity index (χ0) is 24.1. The molecule has 0 aliphatic rings. The maximum atomic E-state index is 12.8. The van der Waals surface area contributed by atoms with Gasteiger partial charge in [-0.25, -0.2) is 8.42 Å². The van der Waals surface area contributed by atoms with E-state index >= 15 is 0 Å². The summed E-state index contributed by atoms with van der Waals surface area (Å²) in [6, 6.07) is 12.9. The summed E-state index contributed by atoms with van der Waals surface area (Å²) >= 11 is 0. The zero-order valence-electron chi connectivity index (χ0n) is 19.2. The number of hydrogen-bond acceptors (Lipinski definition) is 5. The van der Waals surface area contributed by atoms with Gasteiger partial charge in [-0.15, -0.1) is 0 Å². The topological polar surface area (TPSA) is 110 Å². The van der Waals surface area contributed by atoms with Crippen LogP contribution in [0.2, 0.25) is 0 Å². The lowest BCUT2D eigenvalue weighted by molar-refractivity contribution is -0.140. The Labute approximate surface area is 192 Å². The van der Waals surface area contributed by atoms with Gasteiger partial charge in [0.25, 0.3) is 0 Å². The molecule has 4 aromatic rings. The van der Waals surface area contributed by atoms with Gasteiger partial charge in [0, 0.05) is 27.8 Å². The Hall–Kier alpha value is -3.10. The largest absolute Gasteiger partial charge is 0.480 e. The number of rotatable bonds is 6. The molecule has 2 aromatic heterocycles. The van der Waals surface area contributed by atoms with Crippen molar-refractivity contribution in [1.29, 1.82) is 0 Å².